The molecular weight excluding hydrogens is 264 g/mol. The Balaban J connectivity index is 5.00. The third-order valence-electron chi connectivity index (χ3n) is 3.69. The van der Waals surface area contributed by atoms with Crippen LogP contribution >= 0.6 is 0 Å². The molecule has 0 fully saturated rings. The summed E-state index contributed by atoms with van der Waals surface area (Å²) in [7, 11) is 0. The van der Waals surface area contributed by atoms with Crippen molar-refractivity contribution < 1.29 is 30.0 Å². The Morgan fingerprint density at radius 2 is 1.45 bits per heavy atom. The fourth-order valence-electron chi connectivity index (χ4n) is 2.34. The molecule has 0 saturated carbocycles. The first-order valence-electron chi connectivity index (χ1n) is 7.08. The highest BCUT2D eigenvalue weighted by molar-refractivity contribution is 5.75. The smallest absolute Gasteiger partial charge is 0.309 e. The van der Waals surface area contributed by atoms with Crippen molar-refractivity contribution in [3.63, 3.8) is 0 Å². The molecule has 20 heavy (non-hydrogen) atoms. The van der Waals surface area contributed by atoms with E-state index in [4.69, 9.17) is 5.11 Å². The Bertz CT molecular complexity index is 303. The van der Waals surface area contributed by atoms with Crippen LogP contribution < -0.4 is 0 Å². The average molecular weight is 290 g/mol. The van der Waals surface area contributed by atoms with E-state index in [2.05, 4.69) is 0 Å². The number of carboxylic acids is 2. The molecule has 118 valence electrons. The average Bonchev–Trinajstić information content (AvgIpc) is 2.37. The number of aliphatic hydroxyl groups is 2. The van der Waals surface area contributed by atoms with Crippen LogP contribution in [-0.4, -0.2) is 44.6 Å². The van der Waals surface area contributed by atoms with Crippen molar-refractivity contribution in [2.24, 2.45) is 5.41 Å². The summed E-state index contributed by atoms with van der Waals surface area (Å²) >= 11 is 0. The monoisotopic (exact) mass is 290 g/mol. The Hall–Kier alpha value is -1.14. The zero-order chi connectivity index (χ0) is 15.8. The predicted molar refractivity (Wildman–Crippen MR) is 73.4 cm³/mol. The molecule has 2 atom stereocenters. The number of aliphatic hydroxyl groups excluding tert-OH is 2. The summed E-state index contributed by atoms with van der Waals surface area (Å²) in [6.45, 7) is 3.51. The number of hydrogen-bond donors (Lipinski definition) is 4. The summed E-state index contributed by atoms with van der Waals surface area (Å²) in [5.74, 6) is -2.06. The van der Waals surface area contributed by atoms with Gasteiger partial charge in [0.1, 0.15) is 0 Å². The van der Waals surface area contributed by atoms with Crippen LogP contribution in [0.25, 0.3) is 0 Å². The van der Waals surface area contributed by atoms with Crippen LogP contribution in [0.15, 0.2) is 0 Å². The van der Waals surface area contributed by atoms with E-state index in [1.807, 2.05) is 0 Å². The Morgan fingerprint density at radius 1 is 1.00 bits per heavy atom. The standard InChI is InChI=1S/C14H26O6/c1-3-10(15)8-14(13(19)20,9-11(16)4-2)7-5-6-12(17)18/h10-11,15-16H,3-9H2,1-2H3,(H,17,18)(H,19,20). The molecule has 0 aromatic carbocycles. The lowest BCUT2D eigenvalue weighted by Crippen LogP contribution is -2.38. The molecule has 0 aliphatic heterocycles. The highest BCUT2D eigenvalue weighted by Crippen LogP contribution is 2.37. The van der Waals surface area contributed by atoms with Gasteiger partial charge >= 0.3 is 11.9 Å². The van der Waals surface area contributed by atoms with Crippen LogP contribution in [0, 0.1) is 5.41 Å². The maximum absolute atomic E-state index is 11.6. The lowest BCUT2D eigenvalue weighted by Gasteiger charge is -2.33. The van der Waals surface area contributed by atoms with Gasteiger partial charge in [-0.25, -0.2) is 0 Å². The second-order valence-corrected chi connectivity index (χ2v) is 5.37. The Kier molecular flexibility index (Phi) is 8.41. The second-order valence-electron chi connectivity index (χ2n) is 5.37. The van der Waals surface area contributed by atoms with Gasteiger partial charge in [0.2, 0.25) is 0 Å². The van der Waals surface area contributed by atoms with E-state index in [1.54, 1.807) is 13.8 Å². The van der Waals surface area contributed by atoms with Crippen molar-refractivity contribution in [1.82, 2.24) is 0 Å². The van der Waals surface area contributed by atoms with Crippen molar-refractivity contribution in [1.29, 1.82) is 0 Å². The molecule has 0 spiro atoms. The maximum Gasteiger partial charge on any atom is 0.309 e. The van der Waals surface area contributed by atoms with Gasteiger partial charge in [-0.2, -0.15) is 0 Å². The van der Waals surface area contributed by atoms with Gasteiger partial charge in [0.15, 0.2) is 0 Å². The van der Waals surface area contributed by atoms with Crippen molar-refractivity contribution in [2.45, 2.75) is 71.0 Å². The third-order valence-corrected chi connectivity index (χ3v) is 3.69. The molecule has 0 heterocycles. The first kappa shape index (κ1) is 18.9. The molecule has 0 aliphatic rings. The largest absolute Gasteiger partial charge is 0.481 e. The van der Waals surface area contributed by atoms with Crippen LogP contribution in [0.4, 0.5) is 0 Å². The predicted octanol–water partition coefficient (Wildman–Crippen LogP) is 1.63. The molecule has 0 aromatic heterocycles. The lowest BCUT2D eigenvalue weighted by atomic mass is 9.73. The molecule has 0 amide bonds. The number of carboxylic acid groups (broad SMARTS) is 2. The fourth-order valence-corrected chi connectivity index (χ4v) is 2.34. The van der Waals surface area contributed by atoms with Gasteiger partial charge < -0.3 is 20.4 Å². The van der Waals surface area contributed by atoms with Gasteiger partial charge in [-0.1, -0.05) is 13.8 Å². The van der Waals surface area contributed by atoms with Crippen molar-refractivity contribution >= 4 is 11.9 Å². The zero-order valence-corrected chi connectivity index (χ0v) is 12.2. The van der Waals surface area contributed by atoms with Crippen LogP contribution in [0.2, 0.25) is 0 Å². The highest BCUT2D eigenvalue weighted by Gasteiger charge is 2.41. The molecule has 0 aliphatic carbocycles. The number of aliphatic carboxylic acids is 2. The van der Waals surface area contributed by atoms with Crippen LogP contribution in [0.3, 0.4) is 0 Å². The second kappa shape index (κ2) is 8.92. The number of carbonyl (C=O) groups is 2. The van der Waals surface area contributed by atoms with Gasteiger partial charge in [0.05, 0.1) is 17.6 Å². The van der Waals surface area contributed by atoms with E-state index in [0.717, 1.165) is 0 Å². The molecule has 0 radical (unpaired) electrons. The van der Waals surface area contributed by atoms with E-state index >= 15 is 0 Å². The molecule has 6 heteroatoms. The summed E-state index contributed by atoms with van der Waals surface area (Å²) < 4.78 is 0. The minimum Gasteiger partial charge on any atom is -0.481 e. The normalized spacial score (nSPS) is 17.2. The van der Waals surface area contributed by atoms with Crippen LogP contribution in [0.5, 0.6) is 0 Å². The minimum absolute atomic E-state index is 0.0372. The summed E-state index contributed by atoms with van der Waals surface area (Å²) in [6.07, 6.45) is -0.353. The molecule has 0 bridgehead atoms. The number of rotatable bonds is 11. The molecule has 0 aromatic rings. The fraction of sp³-hybridized carbons (Fsp3) is 0.857. The first-order valence-corrected chi connectivity index (χ1v) is 7.08. The van der Waals surface area contributed by atoms with E-state index in [0.29, 0.717) is 12.8 Å². The van der Waals surface area contributed by atoms with Gasteiger partial charge in [0.25, 0.3) is 0 Å². The maximum atomic E-state index is 11.6. The molecule has 4 N–H and O–H groups in total. The van der Waals surface area contributed by atoms with Gasteiger partial charge in [0, 0.05) is 6.42 Å². The molecule has 2 unspecified atom stereocenters. The van der Waals surface area contributed by atoms with Gasteiger partial charge in [-0.3, -0.25) is 9.59 Å². The topological polar surface area (TPSA) is 115 Å². The van der Waals surface area contributed by atoms with Gasteiger partial charge in [-0.05, 0) is 38.5 Å². The van der Waals surface area contributed by atoms with Crippen molar-refractivity contribution in [3.05, 3.63) is 0 Å². The van der Waals surface area contributed by atoms with Crippen LogP contribution in [0.1, 0.15) is 58.8 Å². The lowest BCUT2D eigenvalue weighted by molar-refractivity contribution is -0.155. The summed E-state index contributed by atoms with van der Waals surface area (Å²) in [6, 6.07) is 0. The van der Waals surface area contributed by atoms with Crippen molar-refractivity contribution in [2.75, 3.05) is 0 Å². The zero-order valence-electron chi connectivity index (χ0n) is 12.2. The van der Waals surface area contributed by atoms with E-state index < -0.39 is 29.6 Å². The van der Waals surface area contributed by atoms with E-state index in [9.17, 15) is 24.9 Å². The molecule has 6 nitrogen and oxygen atoms in total. The summed E-state index contributed by atoms with van der Waals surface area (Å²) in [5.41, 5.74) is -1.26. The Labute approximate surface area is 119 Å². The Morgan fingerprint density at radius 3 is 1.75 bits per heavy atom. The van der Waals surface area contributed by atoms with E-state index in [-0.39, 0.29) is 32.1 Å². The minimum atomic E-state index is -1.26. The highest BCUT2D eigenvalue weighted by atomic mass is 16.4. The molecular formula is C14H26O6. The molecule has 0 saturated heterocycles. The van der Waals surface area contributed by atoms with E-state index in [1.165, 1.54) is 0 Å². The van der Waals surface area contributed by atoms with Gasteiger partial charge in [-0.15, -0.1) is 0 Å². The number of hydrogen-bond acceptors (Lipinski definition) is 4. The third kappa shape index (κ3) is 6.34. The summed E-state index contributed by atoms with van der Waals surface area (Å²) in [5, 5.41) is 37.7. The molecule has 0 rings (SSSR count). The quantitative estimate of drug-likeness (QED) is 0.460. The summed E-state index contributed by atoms with van der Waals surface area (Å²) in [4.78, 5) is 22.2. The first-order chi connectivity index (χ1) is 9.27. The SMILES string of the molecule is CCC(O)CC(CCCC(=O)O)(CC(O)CC)C(=O)O. The van der Waals surface area contributed by atoms with Crippen molar-refractivity contribution in [3.8, 4) is 0 Å². The van der Waals surface area contributed by atoms with Crippen LogP contribution in [-0.2, 0) is 9.59 Å².